The molecular weight excluding hydrogens is 206 g/mol. The smallest absolute Gasteiger partial charge is 0.317 e. The first kappa shape index (κ1) is 15.4. The molecule has 0 unspecified atom stereocenters. The highest BCUT2D eigenvalue weighted by atomic mass is 17.1. The van der Waals surface area contributed by atoms with E-state index in [4.69, 9.17) is 5.26 Å². The summed E-state index contributed by atoms with van der Waals surface area (Å²) < 4.78 is 0. The molecule has 4 heteroatoms. The standard InChI is InChI=1S/C12H25NO3/c1-4-5-9-13-10-8-12(2,3)7-6-11(14)16-15/h13,15H,4-10H2,1-3H3. The fraction of sp³-hybridized carbons (Fsp3) is 0.917. The van der Waals surface area contributed by atoms with Crippen LogP contribution in [0.25, 0.3) is 0 Å². The van der Waals surface area contributed by atoms with Crippen molar-refractivity contribution in [3.8, 4) is 0 Å². The molecule has 0 aromatic rings. The average Bonchev–Trinajstić information content (AvgIpc) is 2.25. The number of nitrogens with one attached hydrogen (secondary N) is 1. The third kappa shape index (κ3) is 8.68. The van der Waals surface area contributed by atoms with Gasteiger partial charge in [-0.2, -0.15) is 5.26 Å². The summed E-state index contributed by atoms with van der Waals surface area (Å²) in [5.74, 6) is -0.549. The minimum Gasteiger partial charge on any atom is -0.317 e. The molecule has 0 atom stereocenters. The minimum absolute atomic E-state index is 0.105. The second kappa shape index (κ2) is 8.53. The van der Waals surface area contributed by atoms with Crippen molar-refractivity contribution >= 4 is 5.97 Å². The maximum Gasteiger partial charge on any atom is 0.342 e. The molecule has 2 N–H and O–H groups in total. The Kier molecular flexibility index (Phi) is 8.21. The van der Waals surface area contributed by atoms with E-state index in [2.05, 4.69) is 31.0 Å². The van der Waals surface area contributed by atoms with E-state index in [1.54, 1.807) is 0 Å². The Morgan fingerprint density at radius 2 is 2.00 bits per heavy atom. The Morgan fingerprint density at radius 1 is 1.31 bits per heavy atom. The van der Waals surface area contributed by atoms with Crippen molar-refractivity contribution < 1.29 is 14.9 Å². The Balaban J connectivity index is 3.57. The van der Waals surface area contributed by atoms with Crippen LogP contribution < -0.4 is 5.32 Å². The van der Waals surface area contributed by atoms with E-state index in [-0.39, 0.29) is 11.8 Å². The van der Waals surface area contributed by atoms with Crippen LogP contribution in [0.4, 0.5) is 0 Å². The van der Waals surface area contributed by atoms with Gasteiger partial charge in [-0.3, -0.25) is 0 Å². The third-order valence-corrected chi connectivity index (χ3v) is 2.79. The first-order chi connectivity index (χ1) is 7.52. The summed E-state index contributed by atoms with van der Waals surface area (Å²) in [6.45, 7) is 8.46. The number of carbonyl (C=O) groups is 1. The summed E-state index contributed by atoms with van der Waals surface area (Å²) >= 11 is 0. The van der Waals surface area contributed by atoms with Gasteiger partial charge in [-0.1, -0.05) is 27.2 Å². The largest absolute Gasteiger partial charge is 0.342 e. The zero-order chi connectivity index (χ0) is 12.4. The SMILES string of the molecule is CCCCNCCC(C)(C)CCC(=O)OO. The molecule has 0 amide bonds. The van der Waals surface area contributed by atoms with Gasteiger partial charge < -0.3 is 10.2 Å². The van der Waals surface area contributed by atoms with Crippen molar-refractivity contribution in [3.05, 3.63) is 0 Å². The molecule has 0 aliphatic heterocycles. The second-order valence-corrected chi connectivity index (χ2v) is 4.98. The summed E-state index contributed by atoms with van der Waals surface area (Å²) in [7, 11) is 0. The summed E-state index contributed by atoms with van der Waals surface area (Å²) in [6.07, 6.45) is 4.45. The van der Waals surface area contributed by atoms with Crippen molar-refractivity contribution in [2.24, 2.45) is 5.41 Å². The second-order valence-electron chi connectivity index (χ2n) is 4.98. The fourth-order valence-corrected chi connectivity index (χ4v) is 1.46. The van der Waals surface area contributed by atoms with Gasteiger partial charge in [0.1, 0.15) is 0 Å². The van der Waals surface area contributed by atoms with Crippen LogP contribution >= 0.6 is 0 Å². The zero-order valence-corrected chi connectivity index (χ0v) is 10.7. The third-order valence-electron chi connectivity index (χ3n) is 2.79. The van der Waals surface area contributed by atoms with Crippen LogP contribution in [-0.4, -0.2) is 24.3 Å². The lowest BCUT2D eigenvalue weighted by Crippen LogP contribution is -2.24. The zero-order valence-electron chi connectivity index (χ0n) is 10.7. The number of hydrogen-bond donors (Lipinski definition) is 2. The summed E-state index contributed by atoms with van der Waals surface area (Å²) in [5.41, 5.74) is 0.105. The van der Waals surface area contributed by atoms with Crippen LogP contribution in [0.1, 0.15) is 52.9 Å². The highest BCUT2D eigenvalue weighted by Crippen LogP contribution is 2.26. The molecule has 0 aromatic heterocycles. The maximum absolute atomic E-state index is 10.8. The fourth-order valence-electron chi connectivity index (χ4n) is 1.46. The van der Waals surface area contributed by atoms with Gasteiger partial charge in [-0.15, -0.1) is 0 Å². The first-order valence-electron chi connectivity index (χ1n) is 6.07. The Hall–Kier alpha value is -0.610. The molecular formula is C12H25NO3. The van der Waals surface area contributed by atoms with Crippen molar-refractivity contribution in [1.29, 1.82) is 0 Å². The average molecular weight is 231 g/mol. The van der Waals surface area contributed by atoms with E-state index in [1.165, 1.54) is 12.8 Å². The van der Waals surface area contributed by atoms with E-state index in [1.807, 2.05) is 0 Å². The molecule has 16 heavy (non-hydrogen) atoms. The van der Waals surface area contributed by atoms with Gasteiger partial charge in [0.2, 0.25) is 0 Å². The lowest BCUT2D eigenvalue weighted by Gasteiger charge is -2.23. The number of unbranched alkanes of at least 4 members (excludes halogenated alkanes) is 1. The maximum atomic E-state index is 10.8. The van der Waals surface area contributed by atoms with Gasteiger partial charge in [0.05, 0.1) is 0 Å². The van der Waals surface area contributed by atoms with Crippen molar-refractivity contribution in [2.45, 2.75) is 52.9 Å². The van der Waals surface area contributed by atoms with E-state index < -0.39 is 5.97 Å². The Morgan fingerprint density at radius 3 is 2.56 bits per heavy atom. The lowest BCUT2D eigenvalue weighted by molar-refractivity contribution is -0.234. The van der Waals surface area contributed by atoms with Crippen LogP contribution in [0.3, 0.4) is 0 Å². The number of carbonyl (C=O) groups excluding carboxylic acids is 1. The molecule has 0 heterocycles. The van der Waals surface area contributed by atoms with Gasteiger partial charge in [0.15, 0.2) is 0 Å². The number of rotatable bonds is 9. The van der Waals surface area contributed by atoms with Crippen molar-refractivity contribution in [3.63, 3.8) is 0 Å². The van der Waals surface area contributed by atoms with E-state index in [0.29, 0.717) is 0 Å². The summed E-state index contributed by atoms with van der Waals surface area (Å²) in [6, 6.07) is 0. The molecule has 0 bridgehead atoms. The van der Waals surface area contributed by atoms with Crippen LogP contribution in [0.15, 0.2) is 0 Å². The quantitative estimate of drug-likeness (QED) is 0.364. The summed E-state index contributed by atoms with van der Waals surface area (Å²) in [4.78, 5) is 14.4. The lowest BCUT2D eigenvalue weighted by atomic mass is 9.84. The topological polar surface area (TPSA) is 58.6 Å². The van der Waals surface area contributed by atoms with Crippen LogP contribution in [0, 0.1) is 5.41 Å². The van der Waals surface area contributed by atoms with E-state index in [0.717, 1.165) is 25.9 Å². The highest BCUT2D eigenvalue weighted by Gasteiger charge is 2.19. The molecule has 0 radical (unpaired) electrons. The van der Waals surface area contributed by atoms with Crippen LogP contribution in [0.2, 0.25) is 0 Å². The minimum atomic E-state index is -0.549. The summed E-state index contributed by atoms with van der Waals surface area (Å²) in [5, 5.41) is 11.5. The predicted molar refractivity (Wildman–Crippen MR) is 64.1 cm³/mol. The van der Waals surface area contributed by atoms with Gasteiger partial charge in [-0.05, 0) is 37.8 Å². The van der Waals surface area contributed by atoms with Gasteiger partial charge in [0.25, 0.3) is 0 Å². The van der Waals surface area contributed by atoms with E-state index in [9.17, 15) is 4.79 Å². The molecule has 0 spiro atoms. The monoisotopic (exact) mass is 231 g/mol. The molecule has 0 rings (SSSR count). The normalized spacial score (nSPS) is 11.5. The molecule has 0 fully saturated rings. The van der Waals surface area contributed by atoms with Gasteiger partial charge >= 0.3 is 5.97 Å². The van der Waals surface area contributed by atoms with Gasteiger partial charge in [0, 0.05) is 6.42 Å². The van der Waals surface area contributed by atoms with Crippen molar-refractivity contribution in [1.82, 2.24) is 5.32 Å². The molecule has 0 saturated carbocycles. The highest BCUT2D eigenvalue weighted by molar-refractivity contribution is 5.68. The molecule has 0 saturated heterocycles. The Bertz CT molecular complexity index is 193. The molecule has 4 nitrogen and oxygen atoms in total. The van der Waals surface area contributed by atoms with Gasteiger partial charge in [-0.25, -0.2) is 4.79 Å². The molecule has 0 aromatic carbocycles. The Labute approximate surface area is 98.3 Å². The molecule has 0 aliphatic carbocycles. The van der Waals surface area contributed by atoms with Crippen LogP contribution in [0.5, 0.6) is 0 Å². The molecule has 0 aliphatic rings. The van der Waals surface area contributed by atoms with E-state index >= 15 is 0 Å². The molecule has 96 valence electrons. The predicted octanol–water partition coefficient (Wildman–Crippen LogP) is 2.59. The van der Waals surface area contributed by atoms with Crippen molar-refractivity contribution in [2.75, 3.05) is 13.1 Å². The number of hydrogen-bond acceptors (Lipinski definition) is 4. The van der Waals surface area contributed by atoms with Crippen LogP contribution in [-0.2, 0) is 9.68 Å². The first-order valence-corrected chi connectivity index (χ1v) is 6.07.